The van der Waals surface area contributed by atoms with Crippen molar-refractivity contribution in [2.24, 2.45) is 0 Å². The number of ether oxygens (including phenoxy) is 2. The highest BCUT2D eigenvalue weighted by molar-refractivity contribution is 5.69. The first-order valence-corrected chi connectivity index (χ1v) is 6.02. The van der Waals surface area contributed by atoms with Crippen LogP contribution in [-0.2, 0) is 14.3 Å². The molecule has 1 rings (SSSR count). The fraction of sp³-hybridized carbons (Fsp3) is 0.833. The molecule has 0 bridgehead atoms. The lowest BCUT2D eigenvalue weighted by atomic mass is 10.2. The molecule has 3 atom stereocenters. The number of esters is 1. The topological polar surface area (TPSA) is 84.9 Å². The molecule has 2 unspecified atom stereocenters. The maximum Gasteiger partial charge on any atom is 0.408 e. The number of aliphatic hydroxyl groups is 1. The molecule has 0 aromatic heterocycles. The second-order valence-electron chi connectivity index (χ2n) is 5.53. The molecule has 6 heteroatoms. The molecule has 18 heavy (non-hydrogen) atoms. The molecule has 0 aromatic carbocycles. The molecule has 0 heterocycles. The molecule has 1 saturated carbocycles. The lowest BCUT2D eigenvalue weighted by Crippen LogP contribution is -2.44. The minimum atomic E-state index is -0.585. The SMILES string of the molecule is CC(=O)O[C@H]1CC(O)CC1NC(=O)OC(C)(C)C. The normalized spacial score (nSPS) is 27.7. The minimum Gasteiger partial charge on any atom is -0.460 e. The molecule has 1 amide bonds. The summed E-state index contributed by atoms with van der Waals surface area (Å²) in [7, 11) is 0. The first kappa shape index (κ1) is 14.8. The van der Waals surface area contributed by atoms with E-state index in [0.717, 1.165) is 0 Å². The van der Waals surface area contributed by atoms with Gasteiger partial charge in [-0.05, 0) is 27.2 Å². The Bertz CT molecular complexity index is 323. The second-order valence-corrected chi connectivity index (χ2v) is 5.53. The number of carbonyl (C=O) groups is 2. The van der Waals surface area contributed by atoms with Gasteiger partial charge in [-0.3, -0.25) is 4.79 Å². The molecule has 1 aliphatic rings. The molecule has 0 saturated heterocycles. The van der Waals surface area contributed by atoms with E-state index in [1.54, 1.807) is 20.8 Å². The van der Waals surface area contributed by atoms with E-state index >= 15 is 0 Å². The van der Waals surface area contributed by atoms with Crippen LogP contribution in [0, 0.1) is 0 Å². The van der Waals surface area contributed by atoms with Crippen LogP contribution in [-0.4, -0.2) is 41.0 Å². The van der Waals surface area contributed by atoms with Gasteiger partial charge >= 0.3 is 12.1 Å². The van der Waals surface area contributed by atoms with Crippen LogP contribution in [0.15, 0.2) is 0 Å². The molecular formula is C12H21NO5. The maximum atomic E-state index is 11.6. The third-order valence-corrected chi connectivity index (χ3v) is 2.50. The van der Waals surface area contributed by atoms with Crippen molar-refractivity contribution in [1.29, 1.82) is 0 Å². The van der Waals surface area contributed by atoms with Gasteiger partial charge in [0.1, 0.15) is 11.7 Å². The van der Waals surface area contributed by atoms with Crippen LogP contribution in [0.4, 0.5) is 4.79 Å². The zero-order chi connectivity index (χ0) is 13.9. The summed E-state index contributed by atoms with van der Waals surface area (Å²) in [5.41, 5.74) is -0.585. The highest BCUT2D eigenvalue weighted by Gasteiger charge is 2.37. The van der Waals surface area contributed by atoms with E-state index in [-0.39, 0.29) is 0 Å². The Morgan fingerprint density at radius 3 is 2.39 bits per heavy atom. The van der Waals surface area contributed by atoms with E-state index < -0.39 is 35.9 Å². The first-order chi connectivity index (χ1) is 8.17. The van der Waals surface area contributed by atoms with E-state index in [1.165, 1.54) is 6.92 Å². The molecule has 0 aliphatic heterocycles. The first-order valence-electron chi connectivity index (χ1n) is 6.02. The number of alkyl carbamates (subject to hydrolysis) is 1. The van der Waals surface area contributed by atoms with Gasteiger partial charge in [0.2, 0.25) is 0 Å². The Balaban J connectivity index is 2.53. The molecular weight excluding hydrogens is 238 g/mol. The Hall–Kier alpha value is -1.30. The van der Waals surface area contributed by atoms with Crippen molar-refractivity contribution in [3.63, 3.8) is 0 Å². The van der Waals surface area contributed by atoms with Crippen molar-refractivity contribution in [1.82, 2.24) is 5.32 Å². The van der Waals surface area contributed by atoms with Crippen molar-refractivity contribution in [2.75, 3.05) is 0 Å². The monoisotopic (exact) mass is 259 g/mol. The van der Waals surface area contributed by atoms with Gasteiger partial charge in [-0.1, -0.05) is 0 Å². The summed E-state index contributed by atoms with van der Waals surface area (Å²) in [6, 6.07) is -0.404. The molecule has 104 valence electrons. The lowest BCUT2D eigenvalue weighted by Gasteiger charge is -2.24. The molecule has 2 N–H and O–H groups in total. The predicted molar refractivity (Wildman–Crippen MR) is 64.0 cm³/mol. The van der Waals surface area contributed by atoms with Crippen LogP contribution in [0.25, 0.3) is 0 Å². The van der Waals surface area contributed by atoms with Crippen LogP contribution in [0.1, 0.15) is 40.5 Å². The lowest BCUT2D eigenvalue weighted by molar-refractivity contribution is -0.147. The highest BCUT2D eigenvalue weighted by Crippen LogP contribution is 2.23. The second kappa shape index (κ2) is 5.56. The summed E-state index contributed by atoms with van der Waals surface area (Å²) >= 11 is 0. The van der Waals surface area contributed by atoms with E-state index in [0.29, 0.717) is 12.8 Å². The van der Waals surface area contributed by atoms with Gasteiger partial charge in [-0.15, -0.1) is 0 Å². The Labute approximate surface area is 107 Å². The molecule has 1 fully saturated rings. The number of rotatable bonds is 2. The van der Waals surface area contributed by atoms with Crippen molar-refractivity contribution in [2.45, 2.75) is 64.4 Å². The van der Waals surface area contributed by atoms with Crippen molar-refractivity contribution in [3.05, 3.63) is 0 Å². The molecule has 0 radical (unpaired) electrons. The molecule has 1 aliphatic carbocycles. The van der Waals surface area contributed by atoms with Crippen molar-refractivity contribution >= 4 is 12.1 Å². The summed E-state index contributed by atoms with van der Waals surface area (Å²) in [5.74, 6) is -0.426. The summed E-state index contributed by atoms with van der Waals surface area (Å²) < 4.78 is 10.2. The van der Waals surface area contributed by atoms with E-state index in [9.17, 15) is 14.7 Å². The van der Waals surface area contributed by atoms with Crippen LogP contribution in [0.2, 0.25) is 0 Å². The quantitative estimate of drug-likeness (QED) is 0.722. The largest absolute Gasteiger partial charge is 0.460 e. The van der Waals surface area contributed by atoms with E-state index in [2.05, 4.69) is 5.32 Å². The number of amides is 1. The van der Waals surface area contributed by atoms with E-state index in [1.807, 2.05) is 0 Å². The van der Waals surface area contributed by atoms with Gasteiger partial charge in [-0.2, -0.15) is 0 Å². The molecule has 6 nitrogen and oxygen atoms in total. The Morgan fingerprint density at radius 1 is 1.28 bits per heavy atom. The number of hydrogen-bond donors (Lipinski definition) is 2. The maximum absolute atomic E-state index is 11.6. The Morgan fingerprint density at radius 2 is 1.89 bits per heavy atom. The predicted octanol–water partition coefficient (Wildman–Crippen LogP) is 0.966. The standard InChI is InChI=1S/C12H21NO5/c1-7(14)17-10-6-8(15)5-9(10)13-11(16)18-12(2,3)4/h8-10,15H,5-6H2,1-4H3,(H,13,16)/t8?,9?,10-/m0/s1. The average Bonchev–Trinajstić information content (AvgIpc) is 2.41. The summed E-state index contributed by atoms with van der Waals surface area (Å²) in [4.78, 5) is 22.5. The number of hydrogen-bond acceptors (Lipinski definition) is 5. The van der Waals surface area contributed by atoms with Gasteiger partial charge in [0.25, 0.3) is 0 Å². The van der Waals surface area contributed by atoms with Gasteiger partial charge in [0.15, 0.2) is 0 Å². The molecule has 0 spiro atoms. The Kier molecular flexibility index (Phi) is 4.56. The molecule has 0 aromatic rings. The third kappa shape index (κ3) is 4.91. The zero-order valence-corrected chi connectivity index (χ0v) is 11.2. The van der Waals surface area contributed by atoms with Gasteiger partial charge in [0, 0.05) is 13.3 Å². The number of aliphatic hydroxyl groups excluding tert-OH is 1. The van der Waals surface area contributed by atoms with Crippen molar-refractivity contribution in [3.8, 4) is 0 Å². The number of nitrogens with one attached hydrogen (secondary N) is 1. The zero-order valence-electron chi connectivity index (χ0n) is 11.2. The summed E-state index contributed by atoms with van der Waals surface area (Å²) in [6.45, 7) is 6.59. The van der Waals surface area contributed by atoms with Gasteiger partial charge in [0.05, 0.1) is 12.1 Å². The fourth-order valence-corrected chi connectivity index (χ4v) is 1.93. The average molecular weight is 259 g/mol. The fourth-order valence-electron chi connectivity index (χ4n) is 1.93. The van der Waals surface area contributed by atoms with Crippen LogP contribution in [0.5, 0.6) is 0 Å². The van der Waals surface area contributed by atoms with Crippen LogP contribution < -0.4 is 5.32 Å². The highest BCUT2D eigenvalue weighted by atomic mass is 16.6. The minimum absolute atomic E-state index is 0.333. The smallest absolute Gasteiger partial charge is 0.408 e. The van der Waals surface area contributed by atoms with Crippen LogP contribution in [0.3, 0.4) is 0 Å². The summed E-state index contributed by atoms with van der Waals surface area (Å²) in [5, 5.41) is 12.2. The summed E-state index contributed by atoms with van der Waals surface area (Å²) in [6.07, 6.45) is -0.949. The van der Waals surface area contributed by atoms with Gasteiger partial charge < -0.3 is 19.9 Å². The van der Waals surface area contributed by atoms with Gasteiger partial charge in [-0.25, -0.2) is 4.79 Å². The van der Waals surface area contributed by atoms with Crippen molar-refractivity contribution < 1.29 is 24.2 Å². The third-order valence-electron chi connectivity index (χ3n) is 2.50. The number of carbonyl (C=O) groups excluding carboxylic acids is 2. The van der Waals surface area contributed by atoms with E-state index in [4.69, 9.17) is 9.47 Å². The van der Waals surface area contributed by atoms with Crippen LogP contribution >= 0.6 is 0 Å².